The molecule has 30 heavy (non-hydrogen) atoms. The molecule has 1 saturated carbocycles. The van der Waals surface area contributed by atoms with E-state index in [0.717, 1.165) is 5.56 Å². The molecule has 2 N–H and O–H groups in total. The van der Waals surface area contributed by atoms with Crippen molar-refractivity contribution in [1.29, 1.82) is 0 Å². The van der Waals surface area contributed by atoms with Crippen molar-refractivity contribution in [3.63, 3.8) is 0 Å². The molecule has 1 amide bonds. The second kappa shape index (κ2) is 8.02. The summed E-state index contributed by atoms with van der Waals surface area (Å²) in [5.41, 5.74) is 1.72. The maximum absolute atomic E-state index is 13.0. The van der Waals surface area contributed by atoms with Gasteiger partial charge in [-0.25, -0.2) is 0 Å². The number of benzene rings is 2. The molecule has 2 aromatic carbocycles. The highest BCUT2D eigenvalue weighted by Gasteiger charge is 2.48. The number of nitrogens with one attached hydrogen (secondary N) is 2. The van der Waals surface area contributed by atoms with E-state index >= 15 is 0 Å². The van der Waals surface area contributed by atoms with Crippen LogP contribution in [0.5, 0.6) is 0 Å². The summed E-state index contributed by atoms with van der Waals surface area (Å²) in [6.07, 6.45) is 4.31. The van der Waals surface area contributed by atoms with Gasteiger partial charge in [0.1, 0.15) is 0 Å². The number of hydrogen-bond acceptors (Lipinski definition) is 6. The Morgan fingerprint density at radius 3 is 2.27 bits per heavy atom. The van der Waals surface area contributed by atoms with Gasteiger partial charge in [0, 0.05) is 18.4 Å². The van der Waals surface area contributed by atoms with Crippen molar-refractivity contribution in [2.45, 2.75) is 13.0 Å². The first kappa shape index (κ1) is 19.7. The predicted molar refractivity (Wildman–Crippen MR) is 106 cm³/mol. The van der Waals surface area contributed by atoms with Gasteiger partial charge in [0.25, 0.3) is 0 Å². The van der Waals surface area contributed by atoms with Gasteiger partial charge in [-0.1, -0.05) is 48.6 Å². The summed E-state index contributed by atoms with van der Waals surface area (Å²) in [5.74, 6) is -5.07. The van der Waals surface area contributed by atoms with Crippen LogP contribution in [0.1, 0.15) is 22.3 Å². The Morgan fingerprint density at radius 2 is 1.60 bits per heavy atom. The van der Waals surface area contributed by atoms with Gasteiger partial charge in [-0.3, -0.25) is 4.79 Å². The lowest BCUT2D eigenvalue weighted by atomic mass is 9.82. The molecular weight excluding hydrogens is 384 g/mol. The monoisotopic (exact) mass is 404 g/mol. The molecule has 0 spiro atoms. The molecule has 2 aliphatic carbocycles. The van der Waals surface area contributed by atoms with Crippen LogP contribution in [0.2, 0.25) is 0 Å². The zero-order chi connectivity index (χ0) is 21.3. The number of rotatable bonds is 7. The molecule has 7 heteroatoms. The van der Waals surface area contributed by atoms with Crippen LogP contribution in [-0.4, -0.2) is 17.8 Å². The van der Waals surface area contributed by atoms with E-state index in [0.29, 0.717) is 18.7 Å². The number of anilines is 2. The first-order chi connectivity index (χ1) is 14.4. The Kier molecular flexibility index (Phi) is 5.27. The normalized spacial score (nSPS) is 23.9. The summed E-state index contributed by atoms with van der Waals surface area (Å²) in [6.45, 7) is 0.465. The molecule has 7 nitrogen and oxygen atoms in total. The van der Waals surface area contributed by atoms with E-state index in [-0.39, 0.29) is 23.1 Å². The van der Waals surface area contributed by atoms with Crippen molar-refractivity contribution >= 4 is 29.2 Å². The first-order valence-corrected chi connectivity index (χ1v) is 9.77. The number of hydrogen-bond donors (Lipinski definition) is 2. The van der Waals surface area contributed by atoms with Gasteiger partial charge in [-0.2, -0.15) is 0 Å². The van der Waals surface area contributed by atoms with Gasteiger partial charge in [0.15, 0.2) is 0 Å². The molecule has 0 unspecified atom stereocenters. The number of carboxylic acid groups (broad SMARTS) is 2. The molecule has 0 aliphatic heterocycles. The highest BCUT2D eigenvalue weighted by molar-refractivity contribution is 6.00. The van der Waals surface area contributed by atoms with Crippen molar-refractivity contribution in [1.82, 2.24) is 0 Å². The van der Waals surface area contributed by atoms with Crippen molar-refractivity contribution < 1.29 is 24.6 Å². The van der Waals surface area contributed by atoms with Gasteiger partial charge >= 0.3 is 0 Å². The minimum absolute atomic E-state index is 0.0835. The molecule has 2 bridgehead atoms. The molecule has 154 valence electrons. The number of aliphatic carboxylic acids is 1. The number of carbonyl (C=O) groups excluding carboxylic acids is 3. The van der Waals surface area contributed by atoms with E-state index in [9.17, 15) is 24.6 Å². The van der Waals surface area contributed by atoms with E-state index in [2.05, 4.69) is 10.6 Å². The predicted octanol–water partition coefficient (Wildman–Crippen LogP) is 0.789. The lowest BCUT2D eigenvalue weighted by Gasteiger charge is -2.28. The van der Waals surface area contributed by atoms with Crippen LogP contribution in [0.4, 0.5) is 11.4 Å². The average Bonchev–Trinajstić information content (AvgIpc) is 3.35. The van der Waals surface area contributed by atoms with Crippen molar-refractivity contribution in [2.75, 3.05) is 10.6 Å². The third-order valence-corrected chi connectivity index (χ3v) is 5.87. The van der Waals surface area contributed by atoms with Crippen LogP contribution in [0.25, 0.3) is 0 Å². The third-order valence-electron chi connectivity index (χ3n) is 5.87. The number of allylic oxidation sites excluding steroid dienone is 2. The number of amides is 1. The zero-order valence-corrected chi connectivity index (χ0v) is 16.0. The minimum atomic E-state index is -1.37. The van der Waals surface area contributed by atoms with Crippen LogP contribution in [0, 0.1) is 23.7 Å². The van der Waals surface area contributed by atoms with Crippen molar-refractivity contribution in [2.24, 2.45) is 23.7 Å². The second-order valence-corrected chi connectivity index (χ2v) is 7.70. The molecule has 0 radical (unpaired) electrons. The fourth-order valence-corrected chi connectivity index (χ4v) is 4.44. The SMILES string of the molecule is O=C([O-])c1ccc(NCc2ccccc2)c(NC(=O)[C@H]2[C@@H](C(=O)[O-])[C@H]3C=C[C@@H]2C3)c1. The molecule has 0 aromatic heterocycles. The van der Waals surface area contributed by atoms with E-state index in [1.54, 1.807) is 6.07 Å². The number of carboxylic acids is 2. The fourth-order valence-electron chi connectivity index (χ4n) is 4.44. The highest BCUT2D eigenvalue weighted by Crippen LogP contribution is 2.48. The van der Waals surface area contributed by atoms with Crippen LogP contribution in [0.3, 0.4) is 0 Å². The van der Waals surface area contributed by atoms with Crippen LogP contribution in [-0.2, 0) is 16.1 Å². The Hall–Kier alpha value is -3.61. The van der Waals surface area contributed by atoms with Crippen LogP contribution < -0.4 is 20.8 Å². The molecular formula is C23H20N2O5-2. The number of carbonyl (C=O) groups is 3. The molecule has 1 fully saturated rings. The molecule has 2 aliphatic rings. The van der Waals surface area contributed by atoms with Gasteiger partial charge in [-0.15, -0.1) is 0 Å². The Bertz CT molecular complexity index is 1020. The minimum Gasteiger partial charge on any atom is -0.550 e. The van der Waals surface area contributed by atoms with E-state index in [1.165, 1.54) is 12.1 Å². The van der Waals surface area contributed by atoms with E-state index in [4.69, 9.17) is 0 Å². The summed E-state index contributed by atoms with van der Waals surface area (Å²) in [7, 11) is 0. The van der Waals surface area contributed by atoms with Crippen molar-refractivity contribution in [3.8, 4) is 0 Å². The van der Waals surface area contributed by atoms with Gasteiger partial charge in [-0.05, 0) is 41.5 Å². The first-order valence-electron chi connectivity index (χ1n) is 9.77. The van der Waals surface area contributed by atoms with E-state index in [1.807, 2.05) is 42.5 Å². The van der Waals surface area contributed by atoms with Gasteiger partial charge in [0.05, 0.1) is 23.3 Å². The standard InChI is InChI=1S/C23H22N2O5/c26-21(19-14-6-7-15(10-14)20(19)23(29)30)25-18-11-16(22(27)28)8-9-17(18)24-12-13-4-2-1-3-5-13/h1-9,11,14-15,19-20,24H,10,12H2,(H,25,26)(H,27,28)(H,29,30)/p-2/t14-,15+,19-,20+/m1/s1. The Labute approximate surface area is 173 Å². The van der Waals surface area contributed by atoms with Crippen molar-refractivity contribution in [3.05, 3.63) is 71.8 Å². The van der Waals surface area contributed by atoms with Gasteiger partial charge in [0.2, 0.25) is 5.91 Å². The smallest absolute Gasteiger partial charge is 0.228 e. The third kappa shape index (κ3) is 3.78. The lowest BCUT2D eigenvalue weighted by Crippen LogP contribution is -2.43. The topological polar surface area (TPSA) is 121 Å². The molecule has 0 saturated heterocycles. The largest absolute Gasteiger partial charge is 0.550 e. The zero-order valence-electron chi connectivity index (χ0n) is 16.0. The van der Waals surface area contributed by atoms with Gasteiger partial charge < -0.3 is 30.4 Å². The summed E-state index contributed by atoms with van der Waals surface area (Å²) < 4.78 is 0. The maximum Gasteiger partial charge on any atom is 0.228 e. The summed E-state index contributed by atoms with van der Waals surface area (Å²) in [5, 5.41) is 28.8. The Morgan fingerprint density at radius 1 is 0.900 bits per heavy atom. The fraction of sp³-hybridized carbons (Fsp3) is 0.261. The quantitative estimate of drug-likeness (QED) is 0.658. The average molecular weight is 404 g/mol. The van der Waals surface area contributed by atoms with E-state index < -0.39 is 29.7 Å². The molecule has 4 atom stereocenters. The molecule has 2 aromatic rings. The summed E-state index contributed by atoms with van der Waals surface area (Å²) >= 11 is 0. The highest BCUT2D eigenvalue weighted by atomic mass is 16.4. The number of aromatic carboxylic acids is 1. The summed E-state index contributed by atoms with van der Waals surface area (Å²) in [4.78, 5) is 35.9. The molecule has 4 rings (SSSR count). The van der Waals surface area contributed by atoms with Crippen LogP contribution in [0.15, 0.2) is 60.7 Å². The summed E-state index contributed by atoms with van der Waals surface area (Å²) in [6, 6.07) is 13.9. The maximum atomic E-state index is 13.0. The second-order valence-electron chi connectivity index (χ2n) is 7.70. The molecule has 0 heterocycles. The number of fused-ring (bicyclic) bond motifs is 2. The lowest BCUT2D eigenvalue weighted by molar-refractivity contribution is -0.313. The Balaban J connectivity index is 1.57. The van der Waals surface area contributed by atoms with Crippen LogP contribution >= 0.6 is 0 Å².